The van der Waals surface area contributed by atoms with Crippen LogP contribution in [0.4, 0.5) is 5.82 Å². The summed E-state index contributed by atoms with van der Waals surface area (Å²) in [6.45, 7) is 4.34. The summed E-state index contributed by atoms with van der Waals surface area (Å²) in [5, 5.41) is 12.5. The number of carbonyl (C=O) groups excluding carboxylic acids is 1. The van der Waals surface area contributed by atoms with E-state index in [0.29, 0.717) is 29.7 Å². The largest absolute Gasteiger partial charge is 0.508 e. The van der Waals surface area contributed by atoms with Gasteiger partial charge in [-0.2, -0.15) is 0 Å². The second-order valence-corrected chi connectivity index (χ2v) is 6.90. The smallest absolute Gasteiger partial charge is 0.270 e. The molecule has 1 atom stereocenters. The molecule has 2 aliphatic heterocycles. The Bertz CT molecular complexity index is 821. The molecule has 25 heavy (non-hydrogen) atoms. The van der Waals surface area contributed by atoms with Crippen LogP contribution in [0, 0.1) is 12.8 Å². The molecule has 2 N–H and O–H groups in total. The van der Waals surface area contributed by atoms with Crippen molar-refractivity contribution in [3.63, 3.8) is 0 Å². The van der Waals surface area contributed by atoms with Gasteiger partial charge in [-0.25, -0.2) is 9.97 Å². The maximum Gasteiger partial charge on any atom is 0.270 e. The van der Waals surface area contributed by atoms with Gasteiger partial charge in [0.1, 0.15) is 23.1 Å². The minimum atomic E-state index is -0.0940. The number of aromatic hydroxyl groups is 1. The standard InChI is InChI=1S/C19H22N4O2/c1-12-21-17-16(5-7-20-19(17)25)18(22-12)23-8-6-14(11-23)9-13-3-2-4-15(24)10-13/h2-4,10,14,24H,5-9,11H2,1H3,(H,20,25). The Labute approximate surface area is 146 Å². The molecule has 0 bridgehead atoms. The van der Waals surface area contributed by atoms with Gasteiger partial charge >= 0.3 is 0 Å². The minimum Gasteiger partial charge on any atom is -0.508 e. The molecule has 1 aromatic carbocycles. The highest BCUT2D eigenvalue weighted by Gasteiger charge is 2.30. The number of phenols is 1. The number of hydrogen-bond acceptors (Lipinski definition) is 5. The molecule has 1 amide bonds. The number of aryl methyl sites for hydroxylation is 1. The van der Waals surface area contributed by atoms with Gasteiger partial charge in [0.05, 0.1) is 0 Å². The lowest BCUT2D eigenvalue weighted by molar-refractivity contribution is 0.0940. The fourth-order valence-electron chi connectivity index (χ4n) is 3.85. The van der Waals surface area contributed by atoms with Crippen molar-refractivity contribution in [1.82, 2.24) is 15.3 Å². The van der Waals surface area contributed by atoms with E-state index in [2.05, 4.69) is 26.3 Å². The number of hydrogen-bond donors (Lipinski definition) is 2. The van der Waals surface area contributed by atoms with Crippen LogP contribution in [-0.2, 0) is 12.8 Å². The third kappa shape index (κ3) is 3.16. The number of anilines is 1. The van der Waals surface area contributed by atoms with Gasteiger partial charge in [0.15, 0.2) is 0 Å². The quantitative estimate of drug-likeness (QED) is 0.893. The molecule has 1 saturated heterocycles. The first kappa shape index (κ1) is 15.9. The molecular weight excluding hydrogens is 316 g/mol. The van der Waals surface area contributed by atoms with Crippen LogP contribution in [0.25, 0.3) is 0 Å². The number of aromatic nitrogens is 2. The Kier molecular flexibility index (Phi) is 4.03. The van der Waals surface area contributed by atoms with E-state index in [4.69, 9.17) is 0 Å². The van der Waals surface area contributed by atoms with Crippen molar-refractivity contribution in [1.29, 1.82) is 0 Å². The molecule has 1 fully saturated rings. The summed E-state index contributed by atoms with van der Waals surface area (Å²) in [5.74, 6) is 2.31. The number of rotatable bonds is 3. The summed E-state index contributed by atoms with van der Waals surface area (Å²) in [6, 6.07) is 7.48. The Balaban J connectivity index is 1.55. The van der Waals surface area contributed by atoms with Gasteiger partial charge < -0.3 is 15.3 Å². The molecule has 0 saturated carbocycles. The molecule has 6 nitrogen and oxygen atoms in total. The van der Waals surface area contributed by atoms with E-state index in [1.807, 2.05) is 19.1 Å². The second-order valence-electron chi connectivity index (χ2n) is 6.90. The number of phenolic OH excluding ortho intramolecular Hbond substituents is 1. The van der Waals surface area contributed by atoms with Crippen molar-refractivity contribution in [2.75, 3.05) is 24.5 Å². The molecule has 0 aliphatic carbocycles. The first-order valence-corrected chi connectivity index (χ1v) is 8.78. The normalized spacial score (nSPS) is 19.6. The molecule has 0 spiro atoms. The third-order valence-corrected chi connectivity index (χ3v) is 4.99. The maximum absolute atomic E-state index is 12.1. The molecule has 1 unspecified atom stereocenters. The second kappa shape index (κ2) is 6.35. The Morgan fingerprint density at radius 1 is 1.36 bits per heavy atom. The number of nitrogens with zero attached hydrogens (tertiary/aromatic N) is 3. The maximum atomic E-state index is 12.1. The van der Waals surface area contributed by atoms with Gasteiger partial charge in [-0.3, -0.25) is 4.79 Å². The molecule has 0 radical (unpaired) electrons. The van der Waals surface area contributed by atoms with Gasteiger partial charge in [0.2, 0.25) is 0 Å². The summed E-state index contributed by atoms with van der Waals surface area (Å²) < 4.78 is 0. The van der Waals surface area contributed by atoms with Crippen LogP contribution in [0.2, 0.25) is 0 Å². The summed E-state index contributed by atoms with van der Waals surface area (Å²) in [6.07, 6.45) is 2.81. The highest BCUT2D eigenvalue weighted by molar-refractivity contribution is 5.96. The number of fused-ring (bicyclic) bond motifs is 1. The SMILES string of the molecule is Cc1nc2c(c(N3CCC(Cc4cccc(O)c4)C3)n1)CCNC2=O. The van der Waals surface area contributed by atoms with Gasteiger partial charge in [-0.15, -0.1) is 0 Å². The number of benzene rings is 1. The zero-order valence-electron chi connectivity index (χ0n) is 14.3. The van der Waals surface area contributed by atoms with Crippen LogP contribution in [0.15, 0.2) is 24.3 Å². The highest BCUT2D eigenvalue weighted by Crippen LogP contribution is 2.30. The van der Waals surface area contributed by atoms with Crippen molar-refractivity contribution in [3.05, 3.63) is 46.9 Å². The van der Waals surface area contributed by atoms with E-state index in [0.717, 1.165) is 49.3 Å². The van der Waals surface area contributed by atoms with E-state index in [-0.39, 0.29) is 5.91 Å². The molecule has 2 aliphatic rings. The fraction of sp³-hybridized carbons (Fsp3) is 0.421. The topological polar surface area (TPSA) is 78.3 Å². The zero-order chi connectivity index (χ0) is 17.4. The third-order valence-electron chi connectivity index (χ3n) is 4.99. The van der Waals surface area contributed by atoms with Crippen molar-refractivity contribution < 1.29 is 9.90 Å². The van der Waals surface area contributed by atoms with E-state index in [1.54, 1.807) is 6.07 Å². The van der Waals surface area contributed by atoms with Crippen molar-refractivity contribution in [2.24, 2.45) is 5.92 Å². The molecule has 6 heteroatoms. The van der Waals surface area contributed by atoms with Crippen LogP contribution in [0.1, 0.15) is 33.9 Å². The van der Waals surface area contributed by atoms with Gasteiger partial charge in [-0.1, -0.05) is 12.1 Å². The van der Waals surface area contributed by atoms with Crippen molar-refractivity contribution >= 4 is 11.7 Å². The molecular formula is C19H22N4O2. The Hall–Kier alpha value is -2.63. The lowest BCUT2D eigenvalue weighted by atomic mass is 9.98. The van der Waals surface area contributed by atoms with Crippen LogP contribution in [0.3, 0.4) is 0 Å². The first-order valence-electron chi connectivity index (χ1n) is 8.78. The van der Waals surface area contributed by atoms with E-state index < -0.39 is 0 Å². The Morgan fingerprint density at radius 2 is 2.24 bits per heavy atom. The average molecular weight is 338 g/mol. The van der Waals surface area contributed by atoms with Crippen LogP contribution < -0.4 is 10.2 Å². The molecule has 3 heterocycles. The van der Waals surface area contributed by atoms with E-state index >= 15 is 0 Å². The van der Waals surface area contributed by atoms with Gasteiger partial charge in [0, 0.05) is 25.2 Å². The van der Waals surface area contributed by atoms with Crippen LogP contribution in [-0.4, -0.2) is 40.6 Å². The molecule has 2 aromatic rings. The predicted molar refractivity (Wildman–Crippen MR) is 94.9 cm³/mol. The summed E-state index contributed by atoms with van der Waals surface area (Å²) in [5.41, 5.74) is 2.67. The lowest BCUT2D eigenvalue weighted by Gasteiger charge is -2.25. The predicted octanol–water partition coefficient (Wildman–Crippen LogP) is 1.85. The number of nitrogens with one attached hydrogen (secondary N) is 1. The lowest BCUT2D eigenvalue weighted by Crippen LogP contribution is -2.35. The highest BCUT2D eigenvalue weighted by atomic mass is 16.3. The summed E-state index contributed by atoms with van der Waals surface area (Å²) in [4.78, 5) is 23.4. The van der Waals surface area contributed by atoms with Crippen molar-refractivity contribution in [3.8, 4) is 5.75 Å². The van der Waals surface area contributed by atoms with Crippen LogP contribution >= 0.6 is 0 Å². The first-order chi connectivity index (χ1) is 12.1. The molecule has 1 aromatic heterocycles. The number of amides is 1. The molecule has 130 valence electrons. The molecule has 4 rings (SSSR count). The van der Waals surface area contributed by atoms with Crippen molar-refractivity contribution in [2.45, 2.75) is 26.2 Å². The summed E-state index contributed by atoms with van der Waals surface area (Å²) >= 11 is 0. The Morgan fingerprint density at radius 3 is 3.08 bits per heavy atom. The summed E-state index contributed by atoms with van der Waals surface area (Å²) in [7, 11) is 0. The zero-order valence-corrected chi connectivity index (χ0v) is 14.3. The number of carbonyl (C=O) groups is 1. The minimum absolute atomic E-state index is 0.0940. The van der Waals surface area contributed by atoms with Gasteiger partial charge in [-0.05, 0) is 49.8 Å². The average Bonchev–Trinajstić information content (AvgIpc) is 3.03. The monoisotopic (exact) mass is 338 g/mol. The fourth-order valence-corrected chi connectivity index (χ4v) is 3.85. The van der Waals surface area contributed by atoms with Gasteiger partial charge in [0.25, 0.3) is 5.91 Å². The van der Waals surface area contributed by atoms with E-state index in [1.165, 1.54) is 0 Å². The van der Waals surface area contributed by atoms with E-state index in [9.17, 15) is 9.90 Å². The van der Waals surface area contributed by atoms with Crippen LogP contribution in [0.5, 0.6) is 5.75 Å².